The second-order valence-electron chi connectivity index (χ2n) is 5.26. The molecule has 0 aliphatic carbocycles. The number of benzene rings is 1. The molecule has 1 fully saturated rings. The van der Waals surface area contributed by atoms with Crippen LogP contribution in [0, 0.1) is 12.7 Å². The molecule has 4 nitrogen and oxygen atoms in total. The predicted molar refractivity (Wildman–Crippen MR) is 103 cm³/mol. The zero-order valence-electron chi connectivity index (χ0n) is 13.2. The lowest BCUT2D eigenvalue weighted by molar-refractivity contribution is -0.121. The molecule has 2 heterocycles. The summed E-state index contributed by atoms with van der Waals surface area (Å²) in [6, 6.07) is 5.84. The summed E-state index contributed by atoms with van der Waals surface area (Å²) in [6.07, 6.45) is 3.31. The number of carbonyl (C=O) groups excluding carboxylic acids is 1. The minimum Gasteiger partial charge on any atom is -0.289 e. The van der Waals surface area contributed by atoms with Crippen LogP contribution in [0.25, 0.3) is 11.8 Å². The molecule has 128 valence electrons. The molecular weight excluding hydrogens is 381 g/mol. The Morgan fingerprint density at radius 3 is 2.72 bits per heavy atom. The van der Waals surface area contributed by atoms with Crippen molar-refractivity contribution in [3.8, 4) is 5.69 Å². The van der Waals surface area contributed by atoms with Crippen molar-refractivity contribution in [2.24, 2.45) is 0 Å². The molecule has 0 unspecified atom stereocenters. The first-order valence-corrected chi connectivity index (χ1v) is 8.90. The number of aromatic nitrogens is 2. The minimum atomic E-state index is -0.338. The average molecular weight is 394 g/mol. The Hall–Kier alpha value is -1.96. The van der Waals surface area contributed by atoms with Crippen LogP contribution in [0.5, 0.6) is 0 Å². The van der Waals surface area contributed by atoms with E-state index in [9.17, 15) is 9.18 Å². The molecule has 25 heavy (non-hydrogen) atoms. The van der Waals surface area contributed by atoms with Crippen LogP contribution in [-0.4, -0.2) is 31.5 Å². The van der Waals surface area contributed by atoms with Gasteiger partial charge in [0.25, 0.3) is 5.91 Å². The van der Waals surface area contributed by atoms with Gasteiger partial charge in [0, 0.05) is 12.1 Å². The molecule has 0 N–H and O–H groups in total. The van der Waals surface area contributed by atoms with Gasteiger partial charge in [-0.05, 0) is 37.3 Å². The Morgan fingerprint density at radius 1 is 1.40 bits per heavy atom. The highest BCUT2D eigenvalue weighted by Crippen LogP contribution is 2.35. The van der Waals surface area contributed by atoms with E-state index in [0.29, 0.717) is 37.9 Å². The van der Waals surface area contributed by atoms with Gasteiger partial charge in [0.15, 0.2) is 0 Å². The van der Waals surface area contributed by atoms with E-state index < -0.39 is 0 Å². The average Bonchev–Trinajstić information content (AvgIpc) is 3.01. The highest BCUT2D eigenvalue weighted by molar-refractivity contribution is 8.26. The zero-order valence-corrected chi connectivity index (χ0v) is 15.6. The molecule has 0 radical (unpaired) electrons. The molecule has 0 saturated carbocycles. The Balaban J connectivity index is 1.99. The Bertz CT molecular complexity index is 905. The van der Waals surface area contributed by atoms with Gasteiger partial charge < -0.3 is 0 Å². The lowest BCUT2D eigenvalue weighted by atomic mass is 10.2. The summed E-state index contributed by atoms with van der Waals surface area (Å²) >= 11 is 12.9. The van der Waals surface area contributed by atoms with Crippen LogP contribution in [-0.2, 0) is 4.79 Å². The molecule has 1 amide bonds. The first kappa shape index (κ1) is 17.8. The fourth-order valence-electron chi connectivity index (χ4n) is 2.35. The van der Waals surface area contributed by atoms with Crippen LogP contribution in [0.3, 0.4) is 0 Å². The van der Waals surface area contributed by atoms with Crippen molar-refractivity contribution in [3.63, 3.8) is 0 Å². The highest BCUT2D eigenvalue weighted by Gasteiger charge is 2.31. The van der Waals surface area contributed by atoms with E-state index in [1.807, 2.05) is 0 Å². The van der Waals surface area contributed by atoms with Crippen molar-refractivity contribution in [1.29, 1.82) is 0 Å². The molecule has 1 saturated heterocycles. The number of hydrogen-bond acceptors (Lipinski definition) is 4. The first-order valence-electron chi connectivity index (χ1n) is 7.29. The number of rotatable bonds is 4. The molecule has 1 aliphatic heterocycles. The molecule has 1 aliphatic rings. The number of thiocarbonyl (C=S) groups is 1. The second-order valence-corrected chi connectivity index (χ2v) is 7.29. The third-order valence-electron chi connectivity index (χ3n) is 3.58. The maximum atomic E-state index is 13.1. The Morgan fingerprint density at radius 2 is 2.08 bits per heavy atom. The number of halogens is 2. The Kier molecular flexibility index (Phi) is 5.08. The fraction of sp³-hybridized carbons (Fsp3) is 0.118. The van der Waals surface area contributed by atoms with Crippen LogP contribution < -0.4 is 0 Å². The lowest BCUT2D eigenvalue weighted by Gasteiger charge is -2.10. The monoisotopic (exact) mass is 393 g/mol. The van der Waals surface area contributed by atoms with Gasteiger partial charge in [-0.15, -0.1) is 6.58 Å². The standard InChI is InChI=1S/C17H13ClFN3OS2/c1-3-8-21-16(23)14(25-17(21)24)9-13-10(2)20-22(15(13)18)12-6-4-11(19)5-7-12/h3-7,9H,1,8H2,2H3/b14-9-. The summed E-state index contributed by atoms with van der Waals surface area (Å²) in [5, 5.41) is 4.73. The lowest BCUT2D eigenvalue weighted by Crippen LogP contribution is -2.27. The summed E-state index contributed by atoms with van der Waals surface area (Å²) < 4.78 is 15.1. The smallest absolute Gasteiger partial charge is 0.266 e. The quantitative estimate of drug-likeness (QED) is 0.439. The fourth-order valence-corrected chi connectivity index (χ4v) is 3.93. The maximum absolute atomic E-state index is 13.1. The van der Waals surface area contributed by atoms with Crippen molar-refractivity contribution >= 4 is 51.9 Å². The third kappa shape index (κ3) is 3.40. The molecule has 3 rings (SSSR count). The summed E-state index contributed by atoms with van der Waals surface area (Å²) in [5.74, 6) is -0.519. The van der Waals surface area contributed by atoms with Gasteiger partial charge in [0.2, 0.25) is 0 Å². The van der Waals surface area contributed by atoms with Gasteiger partial charge in [0.05, 0.1) is 16.3 Å². The van der Waals surface area contributed by atoms with E-state index >= 15 is 0 Å². The van der Waals surface area contributed by atoms with Gasteiger partial charge in [-0.2, -0.15) is 5.10 Å². The number of aryl methyl sites for hydroxylation is 1. The molecule has 2 aromatic rings. The van der Waals surface area contributed by atoms with E-state index in [1.165, 1.54) is 33.5 Å². The Labute approximate surface area is 159 Å². The number of nitrogens with zero attached hydrogens (tertiary/aromatic N) is 3. The van der Waals surface area contributed by atoms with Crippen LogP contribution in [0.15, 0.2) is 41.8 Å². The third-order valence-corrected chi connectivity index (χ3v) is 5.32. The molecule has 0 atom stereocenters. The summed E-state index contributed by atoms with van der Waals surface area (Å²) in [6.45, 7) is 5.79. The van der Waals surface area contributed by atoms with Crippen LogP contribution in [0.1, 0.15) is 11.3 Å². The van der Waals surface area contributed by atoms with E-state index in [1.54, 1.807) is 31.2 Å². The highest BCUT2D eigenvalue weighted by atomic mass is 35.5. The van der Waals surface area contributed by atoms with Gasteiger partial charge in [0.1, 0.15) is 15.3 Å². The topological polar surface area (TPSA) is 38.1 Å². The van der Waals surface area contributed by atoms with Crippen molar-refractivity contribution in [3.05, 3.63) is 64.1 Å². The number of amides is 1. The zero-order chi connectivity index (χ0) is 18.1. The maximum Gasteiger partial charge on any atom is 0.266 e. The van der Waals surface area contributed by atoms with Gasteiger partial charge in [-0.3, -0.25) is 9.69 Å². The molecule has 1 aromatic carbocycles. The summed E-state index contributed by atoms with van der Waals surface area (Å²) in [5.41, 5.74) is 1.92. The molecular formula is C17H13ClFN3OS2. The van der Waals surface area contributed by atoms with Gasteiger partial charge in [-0.1, -0.05) is 41.7 Å². The summed E-state index contributed by atoms with van der Waals surface area (Å²) in [4.78, 5) is 14.4. The van der Waals surface area contributed by atoms with Crippen LogP contribution >= 0.6 is 35.6 Å². The van der Waals surface area contributed by atoms with E-state index in [0.717, 1.165) is 0 Å². The van der Waals surface area contributed by atoms with E-state index in [2.05, 4.69) is 11.7 Å². The number of hydrogen-bond donors (Lipinski definition) is 0. The van der Waals surface area contributed by atoms with Crippen molar-refractivity contribution in [2.75, 3.05) is 6.54 Å². The first-order chi connectivity index (χ1) is 11.9. The normalized spacial score (nSPS) is 16.1. The van der Waals surface area contributed by atoms with Crippen molar-refractivity contribution < 1.29 is 9.18 Å². The van der Waals surface area contributed by atoms with Crippen LogP contribution in [0.2, 0.25) is 5.15 Å². The second kappa shape index (κ2) is 7.11. The van der Waals surface area contributed by atoms with Gasteiger partial charge >= 0.3 is 0 Å². The van der Waals surface area contributed by atoms with E-state index in [4.69, 9.17) is 23.8 Å². The molecule has 0 spiro atoms. The molecule has 1 aromatic heterocycles. The van der Waals surface area contributed by atoms with Crippen molar-refractivity contribution in [2.45, 2.75) is 6.92 Å². The minimum absolute atomic E-state index is 0.181. The SMILES string of the molecule is C=CCN1C(=O)/C(=C/c2c(C)nn(-c3ccc(F)cc3)c2Cl)SC1=S. The van der Waals surface area contributed by atoms with Crippen LogP contribution in [0.4, 0.5) is 4.39 Å². The van der Waals surface area contributed by atoms with E-state index in [-0.39, 0.29) is 11.7 Å². The predicted octanol–water partition coefficient (Wildman–Crippen LogP) is 4.36. The number of carbonyl (C=O) groups is 1. The van der Waals surface area contributed by atoms with Gasteiger partial charge in [-0.25, -0.2) is 9.07 Å². The largest absolute Gasteiger partial charge is 0.289 e. The summed E-state index contributed by atoms with van der Waals surface area (Å²) in [7, 11) is 0. The molecule has 8 heteroatoms. The molecule has 0 bridgehead atoms. The number of thioether (sulfide) groups is 1. The van der Waals surface area contributed by atoms with Crippen molar-refractivity contribution in [1.82, 2.24) is 14.7 Å².